The van der Waals surface area contributed by atoms with Gasteiger partial charge in [-0.1, -0.05) is 0 Å². The van der Waals surface area contributed by atoms with Crippen LogP contribution in [0.5, 0.6) is 0 Å². The summed E-state index contributed by atoms with van der Waals surface area (Å²) in [5.74, 6) is 0. The fraction of sp³-hybridized carbons (Fsp3) is 0.400. The quantitative estimate of drug-likeness (QED) is 0.647. The Bertz CT molecular complexity index is 643. The number of nitrogens with zero attached hydrogens (tertiary/aromatic N) is 4. The predicted octanol–water partition coefficient (Wildman–Crippen LogP) is 2.30. The first-order chi connectivity index (χ1) is 12.2. The maximum atomic E-state index is 7.39. The minimum atomic E-state index is -2.34. The van der Waals surface area contributed by atoms with Gasteiger partial charge in [-0.3, -0.25) is 0 Å². The second-order valence-electron chi connectivity index (χ2n) is 7.23. The van der Waals surface area contributed by atoms with Crippen LogP contribution in [0.25, 0.3) is 0 Å². The Morgan fingerprint density at radius 3 is 0.962 bits per heavy atom. The SMILES string of the molecule is CN(C)c1cccc(N(C)C)[c]1[Ge]([Cl])[c]1c(N(C)C)cccc1N(C)C. The zero-order chi connectivity index (χ0) is 19.6. The van der Waals surface area contributed by atoms with Crippen LogP contribution < -0.4 is 28.4 Å². The van der Waals surface area contributed by atoms with Crippen LogP contribution in [0.2, 0.25) is 0 Å². The second kappa shape index (κ2) is 8.44. The molecule has 0 unspecified atom stereocenters. The molecule has 0 aliphatic carbocycles. The molecule has 0 spiro atoms. The molecule has 0 aliphatic heterocycles. The van der Waals surface area contributed by atoms with Gasteiger partial charge >= 0.3 is 167 Å². The number of hydrogen-bond donors (Lipinski definition) is 0. The second-order valence-corrected chi connectivity index (χ2v) is 12.6. The minimum absolute atomic E-state index is 1.21. The Hall–Kier alpha value is -1.53. The van der Waals surface area contributed by atoms with Crippen molar-refractivity contribution >= 4 is 55.0 Å². The third-order valence-electron chi connectivity index (χ3n) is 4.41. The molecule has 0 saturated carbocycles. The van der Waals surface area contributed by atoms with Gasteiger partial charge in [-0.15, -0.1) is 0 Å². The van der Waals surface area contributed by atoms with E-state index in [0.717, 1.165) is 0 Å². The summed E-state index contributed by atoms with van der Waals surface area (Å²) >= 11 is -2.34. The van der Waals surface area contributed by atoms with E-state index in [9.17, 15) is 0 Å². The van der Waals surface area contributed by atoms with Crippen molar-refractivity contribution < 1.29 is 0 Å². The van der Waals surface area contributed by atoms with Crippen molar-refractivity contribution in [2.24, 2.45) is 0 Å². The molecule has 0 saturated heterocycles. The molecule has 2 aromatic rings. The zero-order valence-corrected chi connectivity index (χ0v) is 20.0. The van der Waals surface area contributed by atoms with E-state index in [4.69, 9.17) is 10.0 Å². The van der Waals surface area contributed by atoms with E-state index in [1.165, 1.54) is 31.5 Å². The molecule has 0 N–H and O–H groups in total. The van der Waals surface area contributed by atoms with Crippen LogP contribution in [0.4, 0.5) is 22.7 Å². The number of anilines is 4. The van der Waals surface area contributed by atoms with E-state index in [1.807, 2.05) is 0 Å². The van der Waals surface area contributed by atoms with Gasteiger partial charge in [0.15, 0.2) is 0 Å². The van der Waals surface area contributed by atoms with Crippen molar-refractivity contribution in [3.63, 3.8) is 0 Å². The summed E-state index contributed by atoms with van der Waals surface area (Å²) in [5, 5.41) is 0. The topological polar surface area (TPSA) is 13.0 Å². The van der Waals surface area contributed by atoms with Crippen molar-refractivity contribution in [1.29, 1.82) is 0 Å². The Kier molecular flexibility index (Phi) is 6.75. The van der Waals surface area contributed by atoms with Gasteiger partial charge in [-0.05, 0) is 0 Å². The molecule has 0 heterocycles. The van der Waals surface area contributed by atoms with Crippen molar-refractivity contribution in [3.8, 4) is 0 Å². The number of rotatable bonds is 6. The molecule has 0 fully saturated rings. The number of halogens is 1. The molecular formula is C20H30ClGeN4. The third kappa shape index (κ3) is 4.07. The first kappa shape index (κ1) is 20.8. The molecule has 1 radical (unpaired) electrons. The van der Waals surface area contributed by atoms with E-state index in [1.54, 1.807) is 0 Å². The Labute approximate surface area is 167 Å². The summed E-state index contributed by atoms with van der Waals surface area (Å²) in [6.07, 6.45) is 0. The normalized spacial score (nSPS) is 10.8. The van der Waals surface area contributed by atoms with Gasteiger partial charge in [0, 0.05) is 0 Å². The molecule has 0 aliphatic rings. The standard InChI is InChI=1S/C20H30ClGeN4/c1-23(2)15-11-9-12-16(24(3)4)19(15)22(21)20-17(25(5)6)13-10-14-18(20)26(7)8/h9-14H,1-8H3. The predicted molar refractivity (Wildman–Crippen MR) is 121 cm³/mol. The van der Waals surface area contributed by atoms with Crippen LogP contribution in [0.1, 0.15) is 0 Å². The van der Waals surface area contributed by atoms with Crippen LogP contribution >= 0.6 is 10.0 Å². The van der Waals surface area contributed by atoms with Gasteiger partial charge in [0.05, 0.1) is 0 Å². The first-order valence-corrected chi connectivity index (χ1v) is 13.5. The van der Waals surface area contributed by atoms with E-state index >= 15 is 0 Å². The van der Waals surface area contributed by atoms with E-state index < -0.39 is 13.4 Å². The molecule has 141 valence electrons. The number of benzene rings is 2. The van der Waals surface area contributed by atoms with Crippen LogP contribution in [-0.4, -0.2) is 69.8 Å². The summed E-state index contributed by atoms with van der Waals surface area (Å²) in [7, 11) is 24.1. The van der Waals surface area contributed by atoms with Gasteiger partial charge in [0.2, 0.25) is 0 Å². The van der Waals surface area contributed by atoms with Crippen LogP contribution in [0.15, 0.2) is 36.4 Å². The summed E-state index contributed by atoms with van der Waals surface area (Å²) in [6, 6.07) is 12.9. The molecule has 26 heavy (non-hydrogen) atoms. The Morgan fingerprint density at radius 1 is 0.538 bits per heavy atom. The maximum absolute atomic E-state index is 7.39. The van der Waals surface area contributed by atoms with Crippen LogP contribution in [0.3, 0.4) is 0 Å². The molecule has 0 bridgehead atoms. The molecule has 0 atom stereocenters. The third-order valence-corrected chi connectivity index (χ3v) is 10.4. The van der Waals surface area contributed by atoms with Crippen LogP contribution in [-0.2, 0) is 0 Å². The van der Waals surface area contributed by atoms with Gasteiger partial charge in [-0.2, -0.15) is 0 Å². The van der Waals surface area contributed by atoms with Crippen LogP contribution in [0, 0.1) is 0 Å². The average molecular weight is 435 g/mol. The fourth-order valence-electron chi connectivity index (χ4n) is 3.12. The molecule has 2 aromatic carbocycles. The Morgan fingerprint density at radius 2 is 0.769 bits per heavy atom. The van der Waals surface area contributed by atoms with Crippen molar-refractivity contribution in [2.75, 3.05) is 76.0 Å². The Balaban J connectivity index is 2.80. The molecule has 0 aromatic heterocycles. The molecule has 6 heteroatoms. The summed E-state index contributed by atoms with van der Waals surface area (Å²) < 4.78 is 2.59. The van der Waals surface area contributed by atoms with Crippen molar-refractivity contribution in [2.45, 2.75) is 0 Å². The molecule has 2 rings (SSSR count). The summed E-state index contributed by atoms with van der Waals surface area (Å²) in [4.78, 5) is 8.69. The summed E-state index contributed by atoms with van der Waals surface area (Å²) in [5.41, 5.74) is 4.83. The van der Waals surface area contributed by atoms with Gasteiger partial charge in [-0.25, -0.2) is 0 Å². The van der Waals surface area contributed by atoms with E-state index in [-0.39, 0.29) is 0 Å². The van der Waals surface area contributed by atoms with Crippen molar-refractivity contribution in [1.82, 2.24) is 0 Å². The fourth-order valence-corrected chi connectivity index (χ4v) is 10.1. The van der Waals surface area contributed by atoms with E-state index in [2.05, 4.69) is 112 Å². The number of hydrogen-bond acceptors (Lipinski definition) is 4. The van der Waals surface area contributed by atoms with Gasteiger partial charge in [0.25, 0.3) is 0 Å². The van der Waals surface area contributed by atoms with E-state index in [0.29, 0.717) is 0 Å². The average Bonchev–Trinajstić information content (AvgIpc) is 2.59. The molecule has 0 amide bonds. The molecule has 4 nitrogen and oxygen atoms in total. The van der Waals surface area contributed by atoms with Gasteiger partial charge in [0.1, 0.15) is 0 Å². The van der Waals surface area contributed by atoms with Gasteiger partial charge < -0.3 is 0 Å². The zero-order valence-electron chi connectivity index (χ0n) is 17.1. The monoisotopic (exact) mass is 435 g/mol. The summed E-state index contributed by atoms with van der Waals surface area (Å²) in [6.45, 7) is 0. The molecular weight excluding hydrogens is 404 g/mol. The first-order valence-electron chi connectivity index (χ1n) is 8.65. The van der Waals surface area contributed by atoms with Crippen molar-refractivity contribution in [3.05, 3.63) is 36.4 Å².